The molecule has 6 heteroatoms. The molecule has 1 atom stereocenters. The number of aromatic hydroxyl groups is 1. The lowest BCUT2D eigenvalue weighted by atomic mass is 9.98. The van der Waals surface area contributed by atoms with Gasteiger partial charge >= 0.3 is 0 Å². The van der Waals surface area contributed by atoms with Gasteiger partial charge in [0.1, 0.15) is 17.1 Å². The Morgan fingerprint density at radius 1 is 1.33 bits per heavy atom. The van der Waals surface area contributed by atoms with Crippen molar-refractivity contribution in [2.75, 3.05) is 7.11 Å². The molecule has 0 amide bonds. The van der Waals surface area contributed by atoms with Gasteiger partial charge in [0, 0.05) is 12.0 Å². The maximum atomic E-state index is 12.0. The van der Waals surface area contributed by atoms with Crippen LogP contribution >= 0.6 is 11.6 Å². The number of rotatable bonds is 8. The lowest BCUT2D eigenvalue weighted by molar-refractivity contribution is -0.129. The van der Waals surface area contributed by atoms with Gasteiger partial charge in [-0.25, -0.2) is 0 Å². The van der Waals surface area contributed by atoms with E-state index < -0.39 is 5.60 Å². The van der Waals surface area contributed by atoms with Crippen LogP contribution in [0, 0.1) is 6.92 Å². The number of carbonyl (C=O) groups excluding carboxylic acids is 2. The summed E-state index contributed by atoms with van der Waals surface area (Å²) in [4.78, 5) is 23.3. The lowest BCUT2D eigenvalue weighted by Gasteiger charge is -2.18. The van der Waals surface area contributed by atoms with E-state index in [0.29, 0.717) is 41.0 Å². The Bertz CT molecular complexity index is 896. The van der Waals surface area contributed by atoms with Gasteiger partial charge in [-0.3, -0.25) is 9.59 Å². The van der Waals surface area contributed by atoms with E-state index in [1.807, 2.05) is 33.8 Å². The van der Waals surface area contributed by atoms with Gasteiger partial charge in [0.2, 0.25) is 0 Å². The number of hydrogen-bond donors (Lipinski definition) is 1. The van der Waals surface area contributed by atoms with Gasteiger partial charge in [-0.05, 0) is 65.0 Å². The second-order valence-electron chi connectivity index (χ2n) is 8.32. The molecule has 2 rings (SSSR count). The Kier molecular flexibility index (Phi) is 7.89. The molecule has 0 bridgehead atoms. The molecule has 0 spiro atoms. The van der Waals surface area contributed by atoms with Crippen LogP contribution in [0.15, 0.2) is 23.3 Å². The van der Waals surface area contributed by atoms with E-state index in [0.717, 1.165) is 24.0 Å². The van der Waals surface area contributed by atoms with Crippen molar-refractivity contribution >= 4 is 23.7 Å². The predicted octanol–water partition coefficient (Wildman–Crippen LogP) is 5.53. The molecule has 1 aliphatic rings. The van der Waals surface area contributed by atoms with Crippen molar-refractivity contribution in [3.8, 4) is 11.5 Å². The van der Waals surface area contributed by atoms with Crippen LogP contribution in [0.4, 0.5) is 0 Å². The molecular weight excluding hydrogens is 404 g/mol. The first-order valence-corrected chi connectivity index (χ1v) is 10.5. The van der Waals surface area contributed by atoms with Gasteiger partial charge in [0.05, 0.1) is 23.8 Å². The van der Waals surface area contributed by atoms with Crippen molar-refractivity contribution < 1.29 is 24.2 Å². The Balaban J connectivity index is 2.07. The number of phenolic OH excluding ortho intramolecular Hbond substituents is 1. The Morgan fingerprint density at radius 2 is 2.00 bits per heavy atom. The van der Waals surface area contributed by atoms with E-state index in [2.05, 4.69) is 6.08 Å². The molecular formula is C24H31ClO5. The van der Waals surface area contributed by atoms with Gasteiger partial charge in [-0.15, -0.1) is 0 Å². The van der Waals surface area contributed by atoms with Crippen molar-refractivity contribution in [1.82, 2.24) is 0 Å². The summed E-state index contributed by atoms with van der Waals surface area (Å²) >= 11 is 6.32. The number of ether oxygens (including phenoxy) is 2. The maximum Gasteiger partial charge on any atom is 0.167 e. The van der Waals surface area contributed by atoms with E-state index in [1.54, 1.807) is 6.92 Å². The molecule has 1 aliphatic heterocycles. The van der Waals surface area contributed by atoms with Crippen LogP contribution in [0.2, 0.25) is 5.02 Å². The van der Waals surface area contributed by atoms with Gasteiger partial charge in [-0.1, -0.05) is 29.3 Å². The maximum absolute atomic E-state index is 12.0. The molecule has 1 aromatic rings. The van der Waals surface area contributed by atoms with Crippen LogP contribution < -0.4 is 4.74 Å². The molecule has 1 heterocycles. The zero-order chi connectivity index (χ0) is 22.6. The minimum absolute atomic E-state index is 0.0887. The number of ketones is 1. The highest BCUT2D eigenvalue weighted by molar-refractivity contribution is 6.33. The van der Waals surface area contributed by atoms with Crippen LogP contribution in [-0.4, -0.2) is 36.0 Å². The standard InChI is InChI=1S/C24H31ClO5/c1-14(8-7-9-15(2)19-12-20(27)24(4,5)30-19)10-11-17-22(28)18(13-26)16(3)21(25)23(17)29-6/h9-10,13,19,28H,7-8,11-12H2,1-6H3/b14-10+,15-9-. The molecule has 0 saturated carbocycles. The highest BCUT2D eigenvalue weighted by Crippen LogP contribution is 2.41. The van der Waals surface area contributed by atoms with E-state index >= 15 is 0 Å². The summed E-state index contributed by atoms with van der Waals surface area (Å²) in [6.45, 7) is 9.31. The minimum Gasteiger partial charge on any atom is -0.507 e. The molecule has 1 unspecified atom stereocenters. The van der Waals surface area contributed by atoms with E-state index in [-0.39, 0.29) is 23.2 Å². The molecule has 1 N–H and O–H groups in total. The fourth-order valence-electron chi connectivity index (χ4n) is 3.58. The quantitative estimate of drug-likeness (QED) is 0.430. The van der Waals surface area contributed by atoms with Crippen LogP contribution in [0.5, 0.6) is 11.5 Å². The lowest BCUT2D eigenvalue weighted by Crippen LogP contribution is -2.27. The molecule has 1 fully saturated rings. The van der Waals surface area contributed by atoms with Crippen molar-refractivity contribution in [1.29, 1.82) is 0 Å². The van der Waals surface area contributed by atoms with Crippen molar-refractivity contribution in [3.05, 3.63) is 45.0 Å². The molecule has 1 aromatic carbocycles. The van der Waals surface area contributed by atoms with Crippen LogP contribution in [-0.2, 0) is 16.0 Å². The SMILES string of the molecule is COc1c(Cl)c(C)c(C=O)c(O)c1C/C=C(\C)CC/C=C(/C)C1CC(=O)C(C)(C)O1. The molecule has 164 valence electrons. The summed E-state index contributed by atoms with van der Waals surface area (Å²) in [5.74, 6) is 0.438. The second kappa shape index (κ2) is 9.80. The Morgan fingerprint density at radius 3 is 2.53 bits per heavy atom. The van der Waals surface area contributed by atoms with E-state index in [9.17, 15) is 14.7 Å². The summed E-state index contributed by atoms with van der Waals surface area (Å²) in [6, 6.07) is 0. The van der Waals surface area contributed by atoms with Crippen LogP contribution in [0.3, 0.4) is 0 Å². The monoisotopic (exact) mass is 434 g/mol. The second-order valence-corrected chi connectivity index (χ2v) is 8.69. The van der Waals surface area contributed by atoms with Gasteiger partial charge < -0.3 is 14.6 Å². The van der Waals surface area contributed by atoms with E-state index in [4.69, 9.17) is 21.1 Å². The molecule has 30 heavy (non-hydrogen) atoms. The van der Waals surface area contributed by atoms with Crippen molar-refractivity contribution in [2.24, 2.45) is 0 Å². The zero-order valence-electron chi connectivity index (χ0n) is 18.6. The fourth-order valence-corrected chi connectivity index (χ4v) is 3.88. The number of halogens is 1. The average molecular weight is 435 g/mol. The third kappa shape index (κ3) is 5.13. The molecule has 0 aromatic heterocycles. The van der Waals surface area contributed by atoms with Gasteiger partial charge in [0.25, 0.3) is 0 Å². The van der Waals surface area contributed by atoms with Crippen molar-refractivity contribution in [3.63, 3.8) is 0 Å². The van der Waals surface area contributed by atoms with Gasteiger partial charge in [0.15, 0.2) is 12.1 Å². The van der Waals surface area contributed by atoms with Crippen LogP contribution in [0.25, 0.3) is 0 Å². The first-order chi connectivity index (χ1) is 14.0. The van der Waals surface area contributed by atoms with Gasteiger partial charge in [-0.2, -0.15) is 0 Å². The number of carbonyl (C=O) groups is 2. The number of phenols is 1. The van der Waals surface area contributed by atoms with Crippen LogP contribution in [0.1, 0.15) is 68.4 Å². The number of methoxy groups -OCH3 is 1. The first kappa shape index (κ1) is 24.2. The Hall–Kier alpha value is -2.11. The fraction of sp³-hybridized carbons (Fsp3) is 0.500. The largest absolute Gasteiger partial charge is 0.507 e. The number of allylic oxidation sites excluding steroid dienone is 3. The van der Waals surface area contributed by atoms with E-state index in [1.165, 1.54) is 7.11 Å². The topological polar surface area (TPSA) is 72.8 Å². The summed E-state index contributed by atoms with van der Waals surface area (Å²) in [5, 5.41) is 10.8. The highest BCUT2D eigenvalue weighted by Gasteiger charge is 2.40. The Labute approximate surface area is 183 Å². The smallest absolute Gasteiger partial charge is 0.167 e. The minimum atomic E-state index is -0.702. The molecule has 1 saturated heterocycles. The summed E-state index contributed by atoms with van der Waals surface area (Å²) in [5.41, 5.74) is 2.69. The summed E-state index contributed by atoms with van der Waals surface area (Å²) in [6.07, 6.45) is 7.05. The highest BCUT2D eigenvalue weighted by atomic mass is 35.5. The third-order valence-corrected chi connectivity index (χ3v) is 6.17. The summed E-state index contributed by atoms with van der Waals surface area (Å²) in [7, 11) is 1.49. The summed E-state index contributed by atoms with van der Waals surface area (Å²) < 4.78 is 11.2. The zero-order valence-corrected chi connectivity index (χ0v) is 19.4. The van der Waals surface area contributed by atoms with Crippen molar-refractivity contribution in [2.45, 2.75) is 72.0 Å². The predicted molar refractivity (Wildman–Crippen MR) is 119 cm³/mol. The normalized spacial score (nSPS) is 19.3. The first-order valence-electron chi connectivity index (χ1n) is 10.1. The number of benzene rings is 1. The average Bonchev–Trinajstić information content (AvgIpc) is 2.96. The third-order valence-electron chi connectivity index (χ3n) is 5.72. The number of hydrogen-bond acceptors (Lipinski definition) is 5. The molecule has 5 nitrogen and oxygen atoms in total. The number of Topliss-reactive ketones (excluding diaryl/α,β-unsaturated/α-hetero) is 1. The number of aldehydes is 1. The molecule has 0 radical (unpaired) electrons. The molecule has 0 aliphatic carbocycles.